The van der Waals surface area contributed by atoms with Crippen LogP contribution in [0, 0.1) is 0 Å². The Morgan fingerprint density at radius 1 is 1.56 bits per heavy atom. The third-order valence-electron chi connectivity index (χ3n) is 2.70. The summed E-state index contributed by atoms with van der Waals surface area (Å²) in [6.07, 6.45) is 1.50. The Hall–Kier alpha value is -0.700. The van der Waals surface area contributed by atoms with Crippen LogP contribution in [0.3, 0.4) is 0 Å². The van der Waals surface area contributed by atoms with Crippen LogP contribution in [0.1, 0.15) is 24.8 Å². The van der Waals surface area contributed by atoms with Gasteiger partial charge >= 0.3 is 0 Å². The lowest BCUT2D eigenvalue weighted by atomic mass is 10.2. The van der Waals surface area contributed by atoms with E-state index >= 15 is 0 Å². The van der Waals surface area contributed by atoms with Gasteiger partial charge in [0.1, 0.15) is 6.10 Å². The van der Waals surface area contributed by atoms with Crippen LogP contribution in [-0.4, -0.2) is 43.5 Å². The van der Waals surface area contributed by atoms with E-state index in [1.54, 1.807) is 0 Å². The van der Waals surface area contributed by atoms with Gasteiger partial charge in [-0.1, -0.05) is 0 Å². The Balaban J connectivity index is 2.36. The van der Waals surface area contributed by atoms with E-state index in [-0.39, 0.29) is 11.3 Å². The SMILES string of the molecule is COCCn1c(C2CCCO2)nnc1S(=O)(=O)Cl. The molecular weight excluding hydrogens is 282 g/mol. The molecule has 9 heteroatoms. The Kier molecular flexibility index (Phi) is 4.21. The predicted octanol–water partition coefficient (Wildman–Crippen LogP) is 0.704. The Morgan fingerprint density at radius 2 is 2.33 bits per heavy atom. The van der Waals surface area contributed by atoms with Gasteiger partial charge in [0.15, 0.2) is 5.82 Å². The maximum Gasteiger partial charge on any atom is 0.296 e. The van der Waals surface area contributed by atoms with Crippen molar-refractivity contribution in [3.8, 4) is 0 Å². The second kappa shape index (κ2) is 5.52. The lowest BCUT2D eigenvalue weighted by Crippen LogP contribution is -2.15. The number of nitrogens with zero attached hydrogens (tertiary/aromatic N) is 3. The van der Waals surface area contributed by atoms with Gasteiger partial charge in [0.05, 0.1) is 13.2 Å². The smallest absolute Gasteiger partial charge is 0.296 e. The molecule has 0 radical (unpaired) electrons. The minimum Gasteiger partial charge on any atom is -0.383 e. The van der Waals surface area contributed by atoms with Crippen molar-refractivity contribution >= 4 is 19.7 Å². The van der Waals surface area contributed by atoms with E-state index < -0.39 is 9.05 Å². The Labute approximate surface area is 109 Å². The second-order valence-corrected chi connectivity index (χ2v) is 6.38. The molecule has 1 aliphatic heterocycles. The zero-order valence-corrected chi connectivity index (χ0v) is 11.4. The highest BCUT2D eigenvalue weighted by Gasteiger charge is 2.29. The van der Waals surface area contributed by atoms with Crippen LogP contribution in [0.25, 0.3) is 0 Å². The molecule has 18 heavy (non-hydrogen) atoms. The molecule has 0 spiro atoms. The van der Waals surface area contributed by atoms with Crippen molar-refractivity contribution in [3.63, 3.8) is 0 Å². The summed E-state index contributed by atoms with van der Waals surface area (Å²) in [7, 11) is 2.94. The molecule has 1 atom stereocenters. The fourth-order valence-corrected chi connectivity index (χ4v) is 2.82. The first-order chi connectivity index (χ1) is 8.54. The summed E-state index contributed by atoms with van der Waals surface area (Å²) in [6, 6.07) is 0. The minimum absolute atomic E-state index is 0.221. The lowest BCUT2D eigenvalue weighted by molar-refractivity contribution is 0.0984. The molecule has 1 fully saturated rings. The summed E-state index contributed by atoms with van der Waals surface area (Å²) in [4.78, 5) is 0. The van der Waals surface area contributed by atoms with E-state index in [1.165, 1.54) is 11.7 Å². The van der Waals surface area contributed by atoms with Gasteiger partial charge in [-0.25, -0.2) is 8.42 Å². The Bertz CT molecular complexity index is 510. The highest BCUT2D eigenvalue weighted by Crippen LogP contribution is 2.28. The first-order valence-corrected chi connectivity index (χ1v) is 7.83. The topological polar surface area (TPSA) is 83.3 Å². The van der Waals surface area contributed by atoms with Crippen LogP contribution >= 0.6 is 10.7 Å². The standard InChI is InChI=1S/C9H14ClN3O4S/c1-16-6-4-13-8(7-3-2-5-17-7)11-12-9(13)18(10,14)15/h7H,2-6H2,1H3. The summed E-state index contributed by atoms with van der Waals surface area (Å²) < 4.78 is 34.7. The van der Waals surface area contributed by atoms with Gasteiger partial charge in [-0.05, 0) is 12.8 Å². The molecule has 1 saturated heterocycles. The quantitative estimate of drug-likeness (QED) is 0.744. The van der Waals surface area contributed by atoms with E-state index in [0.29, 0.717) is 25.6 Å². The molecule has 2 heterocycles. The van der Waals surface area contributed by atoms with Crippen molar-refractivity contribution in [1.29, 1.82) is 0 Å². The molecule has 0 amide bonds. The average molecular weight is 296 g/mol. The molecule has 1 aromatic heterocycles. The molecule has 0 N–H and O–H groups in total. The van der Waals surface area contributed by atoms with Crippen molar-refractivity contribution in [2.24, 2.45) is 0 Å². The monoisotopic (exact) mass is 295 g/mol. The molecule has 0 aliphatic carbocycles. The van der Waals surface area contributed by atoms with Gasteiger partial charge in [-0.2, -0.15) is 0 Å². The summed E-state index contributed by atoms with van der Waals surface area (Å²) >= 11 is 0. The van der Waals surface area contributed by atoms with Gasteiger partial charge in [0.2, 0.25) is 0 Å². The molecular formula is C9H14ClN3O4S. The maximum absolute atomic E-state index is 11.4. The highest BCUT2D eigenvalue weighted by atomic mass is 35.7. The van der Waals surface area contributed by atoms with Gasteiger partial charge in [0, 0.05) is 24.4 Å². The second-order valence-electron chi connectivity index (χ2n) is 3.92. The Morgan fingerprint density at radius 3 is 2.89 bits per heavy atom. The first-order valence-electron chi connectivity index (χ1n) is 5.52. The van der Waals surface area contributed by atoms with E-state index in [0.717, 1.165) is 12.8 Å². The third-order valence-corrected chi connectivity index (χ3v) is 3.85. The van der Waals surface area contributed by atoms with Crippen molar-refractivity contribution < 1.29 is 17.9 Å². The van der Waals surface area contributed by atoms with Crippen LogP contribution in [-0.2, 0) is 25.1 Å². The van der Waals surface area contributed by atoms with E-state index in [1.807, 2.05) is 0 Å². The lowest BCUT2D eigenvalue weighted by Gasteiger charge is -2.12. The number of halogens is 1. The number of methoxy groups -OCH3 is 1. The molecule has 1 aliphatic rings. The zero-order valence-electron chi connectivity index (χ0n) is 9.87. The fourth-order valence-electron chi connectivity index (χ4n) is 1.89. The third kappa shape index (κ3) is 2.82. The molecule has 102 valence electrons. The first kappa shape index (κ1) is 13.7. The van der Waals surface area contributed by atoms with Crippen molar-refractivity contribution in [3.05, 3.63) is 5.82 Å². The molecule has 0 aromatic carbocycles. The molecule has 1 aromatic rings. The van der Waals surface area contributed by atoms with Gasteiger partial charge in [-0.15, -0.1) is 10.2 Å². The summed E-state index contributed by atoms with van der Waals surface area (Å²) in [5, 5.41) is 7.27. The average Bonchev–Trinajstić information content (AvgIpc) is 2.93. The van der Waals surface area contributed by atoms with E-state index in [9.17, 15) is 8.42 Å². The number of hydrogen-bond donors (Lipinski definition) is 0. The number of ether oxygens (including phenoxy) is 2. The van der Waals surface area contributed by atoms with Crippen LogP contribution in [0.15, 0.2) is 5.16 Å². The fraction of sp³-hybridized carbons (Fsp3) is 0.778. The van der Waals surface area contributed by atoms with Crippen LogP contribution < -0.4 is 0 Å². The normalized spacial score (nSPS) is 20.4. The van der Waals surface area contributed by atoms with Crippen molar-refractivity contribution in [2.75, 3.05) is 20.3 Å². The zero-order chi connectivity index (χ0) is 13.2. The molecule has 7 nitrogen and oxygen atoms in total. The summed E-state index contributed by atoms with van der Waals surface area (Å²) in [5.74, 6) is 0.490. The highest BCUT2D eigenvalue weighted by molar-refractivity contribution is 8.13. The molecule has 2 rings (SSSR count). The van der Waals surface area contributed by atoms with Crippen LogP contribution in [0.4, 0.5) is 0 Å². The van der Waals surface area contributed by atoms with E-state index in [2.05, 4.69) is 10.2 Å². The van der Waals surface area contributed by atoms with Gasteiger partial charge in [0.25, 0.3) is 14.2 Å². The maximum atomic E-state index is 11.4. The largest absolute Gasteiger partial charge is 0.383 e. The molecule has 0 bridgehead atoms. The number of rotatable bonds is 5. The van der Waals surface area contributed by atoms with Gasteiger partial charge in [-0.3, -0.25) is 4.57 Å². The molecule has 0 saturated carbocycles. The minimum atomic E-state index is -3.92. The number of hydrogen-bond acceptors (Lipinski definition) is 6. The van der Waals surface area contributed by atoms with Crippen molar-refractivity contribution in [1.82, 2.24) is 14.8 Å². The van der Waals surface area contributed by atoms with Crippen molar-refractivity contribution in [2.45, 2.75) is 30.6 Å². The van der Waals surface area contributed by atoms with Crippen LogP contribution in [0.5, 0.6) is 0 Å². The summed E-state index contributed by atoms with van der Waals surface area (Å²) in [5.41, 5.74) is 0. The van der Waals surface area contributed by atoms with Crippen LogP contribution in [0.2, 0.25) is 0 Å². The number of aromatic nitrogens is 3. The molecule has 1 unspecified atom stereocenters. The summed E-state index contributed by atoms with van der Waals surface area (Å²) in [6.45, 7) is 1.31. The van der Waals surface area contributed by atoms with Gasteiger partial charge < -0.3 is 9.47 Å². The predicted molar refractivity (Wildman–Crippen MR) is 62.9 cm³/mol. The van der Waals surface area contributed by atoms with E-state index in [4.69, 9.17) is 20.2 Å².